The van der Waals surface area contributed by atoms with Crippen LogP contribution in [0.2, 0.25) is 10.0 Å². The second-order valence-corrected chi connectivity index (χ2v) is 7.31. The number of ketones is 1. The number of Topliss-reactive ketones (excluding diaryl/α,β-unsaturated/α-hetero) is 1. The van der Waals surface area contributed by atoms with Gasteiger partial charge in [0.05, 0.1) is 43.8 Å². The Bertz CT molecular complexity index is 1020. The molecule has 11 heteroatoms. The number of amides is 1. The number of nitrogens with one attached hydrogen (secondary N) is 1. The largest absolute Gasteiger partial charge is 0.493 e. The van der Waals surface area contributed by atoms with Crippen LogP contribution in [-0.2, 0) is 9.59 Å². The molecule has 0 fully saturated rings. The van der Waals surface area contributed by atoms with Crippen molar-refractivity contribution in [2.24, 2.45) is 10.2 Å². The van der Waals surface area contributed by atoms with Crippen LogP contribution in [0.25, 0.3) is 0 Å². The van der Waals surface area contributed by atoms with Gasteiger partial charge in [-0.3, -0.25) is 9.59 Å². The van der Waals surface area contributed by atoms with Gasteiger partial charge in [-0.15, -0.1) is 0 Å². The Morgan fingerprint density at radius 1 is 0.939 bits per heavy atom. The van der Waals surface area contributed by atoms with E-state index >= 15 is 0 Å². The smallest absolute Gasteiger partial charge is 0.258 e. The Hall–Kier alpha value is -3.04. The zero-order chi connectivity index (χ0) is 24.5. The second kappa shape index (κ2) is 12.3. The maximum Gasteiger partial charge on any atom is 0.258 e. The maximum absolute atomic E-state index is 12.8. The van der Waals surface area contributed by atoms with E-state index < -0.39 is 17.7 Å². The number of hydrogen-bond donors (Lipinski definition) is 1. The standard InChI is InChI=1S/C22H25Cl2N3O6/c1-6-32-18-8-13(9-19(20(18)24)33-7-2)26-27-21(12(3)28)22(29)25-15-11-17(31-5)16(30-4)10-14(15)23/h8-11,21H,6-7H2,1-5H3,(H,25,29). The Labute approximate surface area is 202 Å². The molecule has 2 rings (SSSR count). The van der Waals surface area contributed by atoms with Crippen molar-refractivity contribution in [3.63, 3.8) is 0 Å². The first-order valence-corrected chi connectivity index (χ1v) is 10.7. The lowest BCUT2D eigenvalue weighted by Gasteiger charge is -2.14. The van der Waals surface area contributed by atoms with Crippen molar-refractivity contribution in [2.75, 3.05) is 32.8 Å². The van der Waals surface area contributed by atoms with Crippen LogP contribution < -0.4 is 24.3 Å². The lowest BCUT2D eigenvalue weighted by atomic mass is 10.2. The van der Waals surface area contributed by atoms with Gasteiger partial charge in [0.1, 0.15) is 16.5 Å². The summed E-state index contributed by atoms with van der Waals surface area (Å²) in [5.74, 6) is 0.203. The SMILES string of the molecule is CCOc1cc(N=NC(C(C)=O)C(=O)Nc2cc(OC)c(OC)cc2Cl)cc(OCC)c1Cl. The van der Waals surface area contributed by atoms with Crippen molar-refractivity contribution in [3.8, 4) is 23.0 Å². The van der Waals surface area contributed by atoms with Crippen LogP contribution in [0.4, 0.5) is 11.4 Å². The van der Waals surface area contributed by atoms with Crippen LogP contribution in [-0.4, -0.2) is 45.2 Å². The normalized spacial score (nSPS) is 11.7. The highest BCUT2D eigenvalue weighted by molar-refractivity contribution is 6.34. The third kappa shape index (κ3) is 6.72. The summed E-state index contributed by atoms with van der Waals surface area (Å²) >= 11 is 12.5. The van der Waals surface area contributed by atoms with Crippen LogP contribution >= 0.6 is 23.2 Å². The van der Waals surface area contributed by atoms with E-state index in [1.54, 1.807) is 13.8 Å². The zero-order valence-corrected chi connectivity index (χ0v) is 20.4. The highest BCUT2D eigenvalue weighted by Crippen LogP contribution is 2.39. The Morgan fingerprint density at radius 3 is 1.97 bits per heavy atom. The molecule has 2 aromatic rings. The van der Waals surface area contributed by atoms with Crippen LogP contribution in [0, 0.1) is 0 Å². The lowest BCUT2D eigenvalue weighted by molar-refractivity contribution is -0.126. The first-order chi connectivity index (χ1) is 15.7. The third-order valence-corrected chi connectivity index (χ3v) is 4.93. The highest BCUT2D eigenvalue weighted by Gasteiger charge is 2.25. The fourth-order valence-corrected chi connectivity index (χ4v) is 3.15. The van der Waals surface area contributed by atoms with Gasteiger partial charge in [-0.1, -0.05) is 23.2 Å². The molecule has 0 aliphatic rings. The molecule has 0 bridgehead atoms. The molecule has 0 radical (unpaired) electrons. The van der Waals surface area contributed by atoms with E-state index in [1.807, 2.05) is 0 Å². The molecule has 1 N–H and O–H groups in total. The minimum atomic E-state index is -1.42. The van der Waals surface area contributed by atoms with Gasteiger partial charge in [-0.05, 0) is 20.8 Å². The quantitative estimate of drug-likeness (QED) is 0.324. The summed E-state index contributed by atoms with van der Waals surface area (Å²) in [4.78, 5) is 24.9. The summed E-state index contributed by atoms with van der Waals surface area (Å²) in [7, 11) is 2.91. The van der Waals surface area contributed by atoms with Crippen molar-refractivity contribution >= 4 is 46.3 Å². The minimum Gasteiger partial charge on any atom is -0.493 e. The predicted octanol–water partition coefficient (Wildman–Crippen LogP) is 5.49. The molecule has 0 aromatic heterocycles. The molecule has 0 aliphatic heterocycles. The number of hydrogen-bond acceptors (Lipinski definition) is 8. The fraction of sp³-hybridized carbons (Fsp3) is 0.364. The van der Waals surface area contributed by atoms with E-state index in [-0.39, 0.29) is 10.7 Å². The fourth-order valence-electron chi connectivity index (χ4n) is 2.73. The van der Waals surface area contributed by atoms with Gasteiger partial charge in [0.2, 0.25) is 6.04 Å². The molecular formula is C22H25Cl2N3O6. The van der Waals surface area contributed by atoms with Gasteiger partial charge < -0.3 is 24.3 Å². The number of benzene rings is 2. The summed E-state index contributed by atoms with van der Waals surface area (Å²) in [5.41, 5.74) is 0.527. The minimum absolute atomic E-state index is 0.195. The van der Waals surface area contributed by atoms with Gasteiger partial charge in [0, 0.05) is 24.3 Å². The molecule has 9 nitrogen and oxygen atoms in total. The zero-order valence-electron chi connectivity index (χ0n) is 18.9. The average molecular weight is 498 g/mol. The van der Waals surface area contributed by atoms with Gasteiger partial charge in [-0.2, -0.15) is 10.2 Å². The van der Waals surface area contributed by atoms with Gasteiger partial charge in [-0.25, -0.2) is 0 Å². The van der Waals surface area contributed by atoms with Gasteiger partial charge in [0.25, 0.3) is 5.91 Å². The molecule has 178 valence electrons. The number of halogens is 2. The number of azo groups is 1. The van der Waals surface area contributed by atoms with Gasteiger partial charge in [0.15, 0.2) is 17.3 Å². The number of ether oxygens (including phenoxy) is 4. The molecule has 0 saturated carbocycles. The van der Waals surface area contributed by atoms with Crippen molar-refractivity contribution in [3.05, 3.63) is 34.3 Å². The molecule has 33 heavy (non-hydrogen) atoms. The van der Waals surface area contributed by atoms with Crippen LogP contribution in [0.1, 0.15) is 20.8 Å². The molecule has 1 atom stereocenters. The summed E-state index contributed by atoms with van der Waals surface area (Å²) in [6.45, 7) is 5.59. The maximum atomic E-state index is 12.8. The average Bonchev–Trinajstić information content (AvgIpc) is 2.78. The number of nitrogens with zero attached hydrogens (tertiary/aromatic N) is 2. The van der Waals surface area contributed by atoms with E-state index in [4.69, 9.17) is 42.1 Å². The molecule has 2 aromatic carbocycles. The monoisotopic (exact) mass is 497 g/mol. The number of anilines is 1. The molecule has 0 heterocycles. The van der Waals surface area contributed by atoms with Crippen LogP contribution in [0.15, 0.2) is 34.5 Å². The van der Waals surface area contributed by atoms with E-state index in [9.17, 15) is 9.59 Å². The van der Waals surface area contributed by atoms with E-state index in [0.717, 1.165) is 0 Å². The molecule has 1 amide bonds. The Balaban J connectivity index is 2.33. The lowest BCUT2D eigenvalue weighted by Crippen LogP contribution is -2.31. The number of carbonyl (C=O) groups excluding carboxylic acids is 2. The van der Waals surface area contributed by atoms with Crippen molar-refractivity contribution in [1.82, 2.24) is 0 Å². The first kappa shape index (κ1) is 26.2. The summed E-state index contributed by atoms with van der Waals surface area (Å²) in [5, 5.41) is 11.0. The van der Waals surface area contributed by atoms with Crippen molar-refractivity contribution < 1.29 is 28.5 Å². The molecular weight excluding hydrogens is 473 g/mol. The molecule has 0 spiro atoms. The van der Waals surface area contributed by atoms with E-state index in [2.05, 4.69) is 15.5 Å². The van der Waals surface area contributed by atoms with E-state index in [0.29, 0.717) is 46.9 Å². The third-order valence-electron chi connectivity index (χ3n) is 4.24. The summed E-state index contributed by atoms with van der Waals surface area (Å²) in [6.07, 6.45) is 0. The topological polar surface area (TPSA) is 108 Å². The van der Waals surface area contributed by atoms with Crippen LogP contribution in [0.5, 0.6) is 23.0 Å². The predicted molar refractivity (Wildman–Crippen MR) is 126 cm³/mol. The Kier molecular flexibility index (Phi) is 9.74. The number of carbonyl (C=O) groups is 2. The number of methoxy groups -OCH3 is 2. The summed E-state index contributed by atoms with van der Waals surface area (Å²) < 4.78 is 21.4. The Morgan fingerprint density at radius 2 is 1.48 bits per heavy atom. The highest BCUT2D eigenvalue weighted by atomic mass is 35.5. The van der Waals surface area contributed by atoms with Crippen molar-refractivity contribution in [1.29, 1.82) is 0 Å². The second-order valence-electron chi connectivity index (χ2n) is 6.53. The van der Waals surface area contributed by atoms with Gasteiger partial charge >= 0.3 is 0 Å². The number of rotatable bonds is 11. The molecule has 1 unspecified atom stereocenters. The molecule has 0 aliphatic carbocycles. The van der Waals surface area contributed by atoms with E-state index in [1.165, 1.54) is 45.4 Å². The summed E-state index contributed by atoms with van der Waals surface area (Å²) in [6, 6.07) is 4.63. The van der Waals surface area contributed by atoms with Crippen LogP contribution in [0.3, 0.4) is 0 Å². The van der Waals surface area contributed by atoms with Crippen molar-refractivity contribution in [2.45, 2.75) is 26.8 Å². The molecule has 0 saturated heterocycles. The first-order valence-electron chi connectivity index (χ1n) is 9.98.